The molecule has 0 aromatic rings. The van der Waals surface area contributed by atoms with E-state index in [2.05, 4.69) is 4.74 Å². The zero-order chi connectivity index (χ0) is 5.49. The third-order valence-electron chi connectivity index (χ3n) is 1.40. The van der Waals surface area contributed by atoms with Crippen molar-refractivity contribution in [3.63, 3.8) is 0 Å². The fraction of sp³-hybridized carbons (Fsp3) is 1.00. The predicted molar refractivity (Wildman–Crippen MR) is 24.7 cm³/mol. The third kappa shape index (κ3) is 0.630. The number of halogens is 1. The molecule has 0 aliphatic carbocycles. The molecule has 1 heterocycles. The molecule has 1 aliphatic rings. The highest BCUT2D eigenvalue weighted by Crippen LogP contribution is 2.40. The highest BCUT2D eigenvalue weighted by atomic mass is 19.2. The zero-order valence-corrected chi connectivity index (χ0v) is 4.57. The molecule has 0 amide bonds. The van der Waals surface area contributed by atoms with Gasteiger partial charge in [0.1, 0.15) is 6.10 Å². The molecule has 1 fully saturated rings. The van der Waals surface area contributed by atoms with Crippen LogP contribution in [0, 0.1) is 0 Å². The van der Waals surface area contributed by atoms with Crippen molar-refractivity contribution in [3.8, 4) is 0 Å². The van der Waals surface area contributed by atoms with Crippen LogP contribution in [0.4, 0.5) is 4.39 Å². The van der Waals surface area contributed by atoms with Gasteiger partial charge in [0.15, 0.2) is 0 Å². The lowest BCUT2D eigenvalue weighted by Crippen LogP contribution is -2.01. The molecule has 1 rings (SSSR count). The largest absolute Gasteiger partial charge is 0.335 e. The van der Waals surface area contributed by atoms with E-state index in [0.717, 1.165) is 0 Å². The van der Waals surface area contributed by atoms with Crippen LogP contribution in [-0.4, -0.2) is 12.0 Å². The Morgan fingerprint density at radius 3 is 2.29 bits per heavy atom. The van der Waals surface area contributed by atoms with E-state index in [4.69, 9.17) is 0 Å². The van der Waals surface area contributed by atoms with Gasteiger partial charge in [-0.15, -0.1) is 0 Å². The lowest BCUT2D eigenvalue weighted by Gasteiger charge is -1.89. The van der Waals surface area contributed by atoms with Crippen molar-refractivity contribution >= 4 is 0 Å². The Bertz CT molecular complexity index is 80.1. The van der Waals surface area contributed by atoms with Gasteiger partial charge in [-0.2, -0.15) is 0 Å². The van der Waals surface area contributed by atoms with Crippen LogP contribution in [-0.2, 0) is 4.74 Å². The molecule has 0 aromatic heterocycles. The molecule has 0 aromatic carbocycles. The summed E-state index contributed by atoms with van der Waals surface area (Å²) in [4.78, 5) is 0. The fourth-order valence-electron chi connectivity index (χ4n) is 0.631. The summed E-state index contributed by atoms with van der Waals surface area (Å²) in [6.45, 7) is 3.52. The van der Waals surface area contributed by atoms with Crippen molar-refractivity contribution in [1.29, 1.82) is 0 Å². The van der Waals surface area contributed by atoms with Crippen molar-refractivity contribution in [2.75, 3.05) is 0 Å². The van der Waals surface area contributed by atoms with Crippen molar-refractivity contribution in [2.45, 2.75) is 32.2 Å². The van der Waals surface area contributed by atoms with E-state index < -0.39 is 5.85 Å². The summed E-state index contributed by atoms with van der Waals surface area (Å²) in [6.07, 6.45) is 0.325. The molecule has 1 saturated heterocycles. The zero-order valence-electron chi connectivity index (χ0n) is 4.57. The number of hydrogen-bond acceptors (Lipinski definition) is 1. The summed E-state index contributed by atoms with van der Waals surface area (Å²) in [6, 6.07) is 0. The van der Waals surface area contributed by atoms with Crippen LogP contribution in [0.25, 0.3) is 0 Å². The van der Waals surface area contributed by atoms with E-state index in [1.54, 1.807) is 13.8 Å². The first-order chi connectivity index (χ1) is 3.19. The summed E-state index contributed by atoms with van der Waals surface area (Å²) >= 11 is 0. The van der Waals surface area contributed by atoms with Gasteiger partial charge in [-0.1, -0.05) is 6.92 Å². The number of ether oxygens (including phenoxy) is 1. The highest BCUT2D eigenvalue weighted by Gasteiger charge is 2.52. The molecule has 0 N–H and O–H groups in total. The molecule has 0 radical (unpaired) electrons. The van der Waals surface area contributed by atoms with Crippen molar-refractivity contribution in [3.05, 3.63) is 0 Å². The van der Waals surface area contributed by atoms with Gasteiger partial charge in [0, 0.05) is 6.42 Å². The summed E-state index contributed by atoms with van der Waals surface area (Å²) in [5.41, 5.74) is 0. The Balaban J connectivity index is 2.36. The van der Waals surface area contributed by atoms with Gasteiger partial charge in [-0.05, 0) is 6.92 Å². The molecule has 1 nitrogen and oxygen atoms in total. The Morgan fingerprint density at radius 1 is 1.86 bits per heavy atom. The minimum Gasteiger partial charge on any atom is -0.335 e. The Hall–Kier alpha value is -0.110. The third-order valence-corrected chi connectivity index (χ3v) is 1.40. The first kappa shape index (κ1) is 5.04. The van der Waals surface area contributed by atoms with Gasteiger partial charge >= 0.3 is 0 Å². The lowest BCUT2D eigenvalue weighted by atomic mass is 10.2. The minimum atomic E-state index is -1.25. The molecule has 0 bridgehead atoms. The Morgan fingerprint density at radius 2 is 2.29 bits per heavy atom. The molecule has 2 unspecified atom stereocenters. The molecular formula is C5H9FO. The molecule has 0 spiro atoms. The second kappa shape index (κ2) is 1.19. The second-order valence-corrected chi connectivity index (χ2v) is 1.90. The highest BCUT2D eigenvalue weighted by molar-refractivity contribution is 4.87. The number of rotatable bonds is 1. The van der Waals surface area contributed by atoms with Crippen molar-refractivity contribution in [1.82, 2.24) is 0 Å². The van der Waals surface area contributed by atoms with E-state index in [0.29, 0.717) is 6.42 Å². The van der Waals surface area contributed by atoms with Gasteiger partial charge in [-0.3, -0.25) is 0 Å². The SMILES string of the molecule is CCC1(F)OC1C. The quantitative estimate of drug-likeness (QED) is 0.459. The van der Waals surface area contributed by atoms with Crippen LogP contribution in [0.1, 0.15) is 20.3 Å². The lowest BCUT2D eigenvalue weighted by molar-refractivity contribution is 0.136. The fourth-order valence-corrected chi connectivity index (χ4v) is 0.631. The van der Waals surface area contributed by atoms with E-state index in [-0.39, 0.29) is 6.10 Å². The first-order valence-electron chi connectivity index (χ1n) is 2.56. The van der Waals surface area contributed by atoms with Crippen LogP contribution in [0.2, 0.25) is 0 Å². The second-order valence-electron chi connectivity index (χ2n) is 1.90. The average molecular weight is 104 g/mol. The smallest absolute Gasteiger partial charge is 0.235 e. The summed E-state index contributed by atoms with van der Waals surface area (Å²) in [5, 5.41) is 0. The molecular weight excluding hydrogens is 95.1 g/mol. The monoisotopic (exact) mass is 104 g/mol. The maximum absolute atomic E-state index is 12.4. The normalized spacial score (nSPS) is 49.3. The van der Waals surface area contributed by atoms with Crippen LogP contribution < -0.4 is 0 Å². The van der Waals surface area contributed by atoms with Gasteiger partial charge in [0.2, 0.25) is 5.85 Å². The molecule has 1 aliphatic heterocycles. The molecule has 42 valence electrons. The Kier molecular flexibility index (Phi) is 0.854. The maximum atomic E-state index is 12.4. The summed E-state index contributed by atoms with van der Waals surface area (Å²) in [7, 11) is 0. The molecule has 2 heteroatoms. The summed E-state index contributed by atoms with van der Waals surface area (Å²) in [5.74, 6) is -1.25. The van der Waals surface area contributed by atoms with Gasteiger partial charge in [-0.25, -0.2) is 4.39 Å². The van der Waals surface area contributed by atoms with Crippen molar-refractivity contribution in [2.24, 2.45) is 0 Å². The summed E-state index contributed by atoms with van der Waals surface area (Å²) < 4.78 is 17.0. The topological polar surface area (TPSA) is 12.5 Å². The van der Waals surface area contributed by atoms with E-state index in [1.807, 2.05) is 0 Å². The van der Waals surface area contributed by atoms with Crippen LogP contribution in [0.3, 0.4) is 0 Å². The van der Waals surface area contributed by atoms with E-state index in [1.165, 1.54) is 0 Å². The predicted octanol–water partition coefficient (Wildman–Crippen LogP) is 1.48. The van der Waals surface area contributed by atoms with Gasteiger partial charge in [0.05, 0.1) is 0 Å². The standard InChI is InChI=1S/C5H9FO/c1-3-5(6)4(2)7-5/h4H,3H2,1-2H3. The number of alkyl halides is 1. The van der Waals surface area contributed by atoms with Gasteiger partial charge in [0.25, 0.3) is 0 Å². The molecule has 2 atom stereocenters. The van der Waals surface area contributed by atoms with E-state index >= 15 is 0 Å². The maximum Gasteiger partial charge on any atom is 0.235 e. The average Bonchev–Trinajstić information content (AvgIpc) is 2.18. The van der Waals surface area contributed by atoms with Crippen LogP contribution in [0.15, 0.2) is 0 Å². The van der Waals surface area contributed by atoms with Gasteiger partial charge < -0.3 is 4.74 Å². The first-order valence-corrected chi connectivity index (χ1v) is 2.56. The number of epoxide rings is 1. The van der Waals surface area contributed by atoms with Crippen LogP contribution in [0.5, 0.6) is 0 Å². The minimum absolute atomic E-state index is 0.155. The molecule has 0 saturated carbocycles. The van der Waals surface area contributed by atoms with E-state index in [9.17, 15) is 4.39 Å². The van der Waals surface area contributed by atoms with Crippen molar-refractivity contribution < 1.29 is 9.13 Å². The molecule has 7 heavy (non-hydrogen) atoms. The van der Waals surface area contributed by atoms with Crippen LogP contribution >= 0.6 is 0 Å². The Labute approximate surface area is 42.5 Å². The number of hydrogen-bond donors (Lipinski definition) is 0.